The third kappa shape index (κ3) is 4.27. The van der Waals surface area contributed by atoms with E-state index in [1.807, 2.05) is 11.5 Å². The number of para-hydroxylation sites is 2. The van der Waals surface area contributed by atoms with Crippen molar-refractivity contribution in [3.63, 3.8) is 0 Å². The Balaban J connectivity index is 1.46. The summed E-state index contributed by atoms with van der Waals surface area (Å²) in [5.74, 6) is -2.21. The van der Waals surface area contributed by atoms with Crippen molar-refractivity contribution in [2.45, 2.75) is 20.4 Å². The normalized spacial score (nSPS) is 10.9. The molecular formula is C25H22N2O7. The number of benzene rings is 2. The van der Waals surface area contributed by atoms with E-state index in [9.17, 15) is 19.2 Å². The van der Waals surface area contributed by atoms with Crippen LogP contribution >= 0.6 is 0 Å². The van der Waals surface area contributed by atoms with Crippen LogP contribution in [0.5, 0.6) is 0 Å². The number of methoxy groups -OCH3 is 1. The van der Waals surface area contributed by atoms with Crippen LogP contribution < -0.4 is 5.76 Å². The Morgan fingerprint density at radius 3 is 2.41 bits per heavy atom. The smallest absolute Gasteiger partial charge is 0.420 e. The number of ketones is 1. The summed E-state index contributed by atoms with van der Waals surface area (Å²) in [5.41, 5.74) is 3.90. The Kier molecular flexibility index (Phi) is 6.18. The second-order valence-electron chi connectivity index (χ2n) is 7.66. The number of rotatable bonds is 7. The zero-order valence-electron chi connectivity index (χ0n) is 18.9. The van der Waals surface area contributed by atoms with Gasteiger partial charge >= 0.3 is 17.7 Å². The fraction of sp³-hybridized carbons (Fsp3) is 0.200. The summed E-state index contributed by atoms with van der Waals surface area (Å²) in [5, 5.41) is 0. The number of aryl methyl sites for hydroxylation is 1. The molecule has 0 aliphatic rings. The van der Waals surface area contributed by atoms with Gasteiger partial charge < -0.3 is 18.5 Å². The summed E-state index contributed by atoms with van der Waals surface area (Å²) in [7, 11) is 1.32. The van der Waals surface area contributed by atoms with Gasteiger partial charge in [0.25, 0.3) is 0 Å². The Morgan fingerprint density at radius 1 is 1.00 bits per heavy atom. The number of oxazole rings is 1. The van der Waals surface area contributed by atoms with Crippen LogP contribution in [0.1, 0.15) is 32.1 Å². The maximum Gasteiger partial charge on any atom is 0.420 e. The molecule has 0 aliphatic heterocycles. The van der Waals surface area contributed by atoms with Crippen molar-refractivity contribution in [1.82, 2.24) is 9.13 Å². The van der Waals surface area contributed by atoms with E-state index in [1.54, 1.807) is 61.5 Å². The number of carbonyl (C=O) groups is 3. The molecule has 2 heterocycles. The molecule has 9 nitrogen and oxygen atoms in total. The van der Waals surface area contributed by atoms with E-state index in [-0.39, 0.29) is 12.3 Å². The lowest BCUT2D eigenvalue weighted by molar-refractivity contribution is -0.143. The van der Waals surface area contributed by atoms with Crippen molar-refractivity contribution < 1.29 is 28.3 Å². The molecule has 0 atom stereocenters. The van der Waals surface area contributed by atoms with Crippen LogP contribution in [0.4, 0.5) is 0 Å². The Labute approximate surface area is 194 Å². The SMILES string of the molecule is COC(=O)c1ccc(-n2c(C)cc(C(=O)COC(=O)Cn3c(=O)oc4ccccc43)c2C)cc1. The van der Waals surface area contributed by atoms with Gasteiger partial charge in [-0.1, -0.05) is 12.1 Å². The number of Topliss-reactive ketones (excluding diaryl/α,β-unsaturated/α-hetero) is 1. The fourth-order valence-corrected chi connectivity index (χ4v) is 3.87. The zero-order chi connectivity index (χ0) is 24.4. The number of esters is 2. The molecule has 0 amide bonds. The number of carbonyl (C=O) groups excluding carboxylic acids is 3. The predicted molar refractivity (Wildman–Crippen MR) is 122 cm³/mol. The molecule has 2 aromatic carbocycles. The van der Waals surface area contributed by atoms with E-state index in [1.165, 1.54) is 7.11 Å². The second kappa shape index (κ2) is 9.22. The standard InChI is InChI=1S/C25H22N2O7/c1-15-12-19(16(2)27(15)18-10-8-17(9-11-18)24(30)32-3)21(28)14-33-23(29)13-26-20-6-4-5-7-22(20)34-25(26)31/h4-12H,13-14H2,1-3H3. The lowest BCUT2D eigenvalue weighted by Crippen LogP contribution is -2.23. The van der Waals surface area contributed by atoms with Crippen molar-refractivity contribution >= 4 is 28.8 Å². The van der Waals surface area contributed by atoms with Crippen molar-refractivity contribution in [2.24, 2.45) is 0 Å². The Morgan fingerprint density at radius 2 is 1.71 bits per heavy atom. The van der Waals surface area contributed by atoms with Gasteiger partial charge in [0.2, 0.25) is 5.78 Å². The van der Waals surface area contributed by atoms with Gasteiger partial charge in [0, 0.05) is 22.6 Å². The third-order valence-electron chi connectivity index (χ3n) is 5.50. The Hall–Kier alpha value is -4.40. The number of hydrogen-bond donors (Lipinski definition) is 0. The maximum atomic E-state index is 12.8. The summed E-state index contributed by atoms with van der Waals surface area (Å²) >= 11 is 0. The van der Waals surface area contributed by atoms with Crippen LogP contribution in [0.3, 0.4) is 0 Å². The van der Waals surface area contributed by atoms with Gasteiger partial charge in [0.1, 0.15) is 6.54 Å². The van der Waals surface area contributed by atoms with Gasteiger partial charge in [-0.3, -0.25) is 14.2 Å². The molecule has 9 heteroatoms. The molecule has 0 spiro atoms. The molecule has 0 aliphatic carbocycles. The number of ether oxygens (including phenoxy) is 2. The highest BCUT2D eigenvalue weighted by Gasteiger charge is 2.20. The monoisotopic (exact) mass is 462 g/mol. The molecule has 174 valence electrons. The van der Waals surface area contributed by atoms with Crippen LogP contribution in [-0.4, -0.2) is 40.6 Å². The second-order valence-corrected chi connectivity index (χ2v) is 7.66. The average Bonchev–Trinajstić information content (AvgIpc) is 3.32. The van der Waals surface area contributed by atoms with Crippen LogP contribution in [0.25, 0.3) is 16.8 Å². The highest BCUT2D eigenvalue weighted by molar-refractivity contribution is 5.99. The van der Waals surface area contributed by atoms with Gasteiger partial charge in [0.15, 0.2) is 12.2 Å². The Bertz CT molecular complexity index is 1450. The van der Waals surface area contributed by atoms with Crippen LogP contribution in [0, 0.1) is 13.8 Å². The molecule has 2 aromatic heterocycles. The molecule has 0 fully saturated rings. The van der Waals surface area contributed by atoms with Crippen LogP contribution in [0.2, 0.25) is 0 Å². The van der Waals surface area contributed by atoms with Crippen molar-refractivity contribution in [3.8, 4) is 5.69 Å². The van der Waals surface area contributed by atoms with E-state index >= 15 is 0 Å². The van der Waals surface area contributed by atoms with Gasteiger partial charge in [-0.2, -0.15) is 0 Å². The van der Waals surface area contributed by atoms with Gasteiger partial charge in [0.05, 0.1) is 18.2 Å². The summed E-state index contributed by atoms with van der Waals surface area (Å²) < 4.78 is 18.0. The first-order chi connectivity index (χ1) is 16.3. The van der Waals surface area contributed by atoms with Crippen molar-refractivity contribution in [1.29, 1.82) is 0 Å². The van der Waals surface area contributed by atoms with Crippen molar-refractivity contribution in [3.05, 3.63) is 87.7 Å². The lowest BCUT2D eigenvalue weighted by Gasteiger charge is -2.11. The maximum absolute atomic E-state index is 12.8. The quantitative estimate of drug-likeness (QED) is 0.306. The summed E-state index contributed by atoms with van der Waals surface area (Å²) in [6.07, 6.45) is 0. The number of nitrogens with zero attached hydrogens (tertiary/aromatic N) is 2. The molecule has 4 aromatic rings. The first-order valence-electron chi connectivity index (χ1n) is 10.4. The summed E-state index contributed by atoms with van der Waals surface area (Å²) in [6, 6.07) is 15.2. The molecular weight excluding hydrogens is 440 g/mol. The molecule has 4 rings (SSSR count). The summed E-state index contributed by atoms with van der Waals surface area (Å²) in [6.45, 7) is 2.80. The highest BCUT2D eigenvalue weighted by Crippen LogP contribution is 2.22. The van der Waals surface area contributed by atoms with E-state index in [0.29, 0.717) is 27.9 Å². The lowest BCUT2D eigenvalue weighted by atomic mass is 10.1. The van der Waals surface area contributed by atoms with Crippen LogP contribution in [-0.2, 0) is 20.8 Å². The molecule has 0 saturated heterocycles. The van der Waals surface area contributed by atoms with Crippen molar-refractivity contribution in [2.75, 3.05) is 13.7 Å². The molecule has 0 bridgehead atoms. The molecule has 34 heavy (non-hydrogen) atoms. The molecule has 0 N–H and O–H groups in total. The average molecular weight is 462 g/mol. The first kappa shape index (κ1) is 22.8. The van der Waals surface area contributed by atoms with E-state index in [4.69, 9.17) is 13.9 Å². The predicted octanol–water partition coefficient (Wildman–Crippen LogP) is 3.21. The number of aromatic nitrogens is 2. The third-order valence-corrected chi connectivity index (χ3v) is 5.50. The van der Waals surface area contributed by atoms with E-state index < -0.39 is 24.3 Å². The minimum Gasteiger partial charge on any atom is -0.465 e. The minimum atomic E-state index is -0.728. The van der Waals surface area contributed by atoms with Gasteiger partial charge in [-0.15, -0.1) is 0 Å². The zero-order valence-corrected chi connectivity index (χ0v) is 18.9. The summed E-state index contributed by atoms with van der Waals surface area (Å²) in [4.78, 5) is 48.8. The molecule has 0 saturated carbocycles. The number of fused-ring (bicyclic) bond motifs is 1. The first-order valence-corrected chi connectivity index (χ1v) is 10.4. The van der Waals surface area contributed by atoms with E-state index in [0.717, 1.165) is 15.9 Å². The fourth-order valence-electron chi connectivity index (χ4n) is 3.87. The highest BCUT2D eigenvalue weighted by atomic mass is 16.5. The number of hydrogen-bond acceptors (Lipinski definition) is 7. The van der Waals surface area contributed by atoms with E-state index in [2.05, 4.69) is 0 Å². The van der Waals surface area contributed by atoms with Crippen LogP contribution in [0.15, 0.2) is 63.8 Å². The van der Waals surface area contributed by atoms with Gasteiger partial charge in [-0.05, 0) is 56.3 Å². The van der Waals surface area contributed by atoms with Gasteiger partial charge in [-0.25, -0.2) is 9.59 Å². The molecule has 0 unspecified atom stereocenters. The largest absolute Gasteiger partial charge is 0.465 e. The minimum absolute atomic E-state index is 0.364. The molecule has 0 radical (unpaired) electrons. The topological polar surface area (TPSA) is 110 Å².